The van der Waals surface area contributed by atoms with Gasteiger partial charge in [-0.2, -0.15) is 13.2 Å². The van der Waals surface area contributed by atoms with Crippen LogP contribution in [0.3, 0.4) is 0 Å². The van der Waals surface area contributed by atoms with E-state index in [1.54, 1.807) is 42.5 Å². The Kier molecular flexibility index (Phi) is 6.94. The standard InChI is InChI=1S/C29H20F4N2O2S/c30-22-5-3-4-19(14-22)16-34-27(36)20-10-13-26-24(15-20)35(28(37)23-6-1-2-7-25(23)38-26)17-18-8-11-21(12-9-18)29(31,32)33/h1-15H,16-17H2,(H,34,36). The third-order valence-corrected chi connectivity index (χ3v) is 7.20. The van der Waals surface area contributed by atoms with E-state index in [-0.39, 0.29) is 24.6 Å². The molecule has 9 heteroatoms. The lowest BCUT2D eigenvalue weighted by molar-refractivity contribution is -0.137. The number of anilines is 1. The van der Waals surface area contributed by atoms with E-state index in [0.717, 1.165) is 21.9 Å². The number of nitrogens with one attached hydrogen (secondary N) is 1. The highest BCUT2D eigenvalue weighted by Gasteiger charge is 2.31. The number of hydrogen-bond donors (Lipinski definition) is 1. The van der Waals surface area contributed by atoms with Crippen molar-refractivity contribution >= 4 is 29.3 Å². The molecule has 192 valence electrons. The summed E-state index contributed by atoms with van der Waals surface area (Å²) in [6.07, 6.45) is -4.47. The molecule has 1 heterocycles. The number of carbonyl (C=O) groups is 2. The minimum Gasteiger partial charge on any atom is -0.348 e. The molecule has 4 nitrogen and oxygen atoms in total. The van der Waals surface area contributed by atoms with Gasteiger partial charge in [-0.25, -0.2) is 4.39 Å². The van der Waals surface area contributed by atoms with Crippen molar-refractivity contribution in [2.24, 2.45) is 0 Å². The van der Waals surface area contributed by atoms with Crippen LogP contribution in [0.15, 0.2) is 101 Å². The highest BCUT2D eigenvalue weighted by molar-refractivity contribution is 7.99. The van der Waals surface area contributed by atoms with Gasteiger partial charge in [-0.05, 0) is 65.7 Å². The van der Waals surface area contributed by atoms with E-state index in [0.29, 0.717) is 22.4 Å². The number of benzene rings is 4. The van der Waals surface area contributed by atoms with Crippen molar-refractivity contribution in [2.45, 2.75) is 29.1 Å². The number of halogens is 4. The van der Waals surface area contributed by atoms with Crippen molar-refractivity contribution in [3.8, 4) is 0 Å². The molecule has 0 saturated carbocycles. The normalized spacial score (nSPS) is 12.9. The maximum atomic E-state index is 13.7. The Morgan fingerprint density at radius 3 is 2.34 bits per heavy atom. The van der Waals surface area contributed by atoms with Gasteiger partial charge in [0, 0.05) is 21.9 Å². The quantitative estimate of drug-likeness (QED) is 0.277. The monoisotopic (exact) mass is 536 g/mol. The third kappa shape index (κ3) is 5.43. The molecule has 0 saturated heterocycles. The maximum absolute atomic E-state index is 13.7. The number of rotatable bonds is 5. The Balaban J connectivity index is 1.47. The molecule has 0 aliphatic carbocycles. The van der Waals surface area contributed by atoms with Gasteiger partial charge in [0.1, 0.15) is 5.82 Å². The van der Waals surface area contributed by atoms with E-state index in [4.69, 9.17) is 0 Å². The highest BCUT2D eigenvalue weighted by Crippen LogP contribution is 2.42. The van der Waals surface area contributed by atoms with Crippen LogP contribution in [0.4, 0.5) is 23.2 Å². The molecule has 0 bridgehead atoms. The van der Waals surface area contributed by atoms with Gasteiger partial charge in [0.25, 0.3) is 11.8 Å². The number of alkyl halides is 3. The second-order valence-corrected chi connectivity index (χ2v) is 9.76. The van der Waals surface area contributed by atoms with Crippen molar-refractivity contribution in [1.82, 2.24) is 5.32 Å². The van der Waals surface area contributed by atoms with Gasteiger partial charge < -0.3 is 10.2 Å². The van der Waals surface area contributed by atoms with Crippen molar-refractivity contribution in [3.63, 3.8) is 0 Å². The number of fused-ring (bicyclic) bond motifs is 2. The molecule has 1 N–H and O–H groups in total. The summed E-state index contributed by atoms with van der Waals surface area (Å²) in [6, 6.07) is 22.6. The second-order valence-electron chi connectivity index (χ2n) is 8.68. The molecule has 5 rings (SSSR count). The first kappa shape index (κ1) is 25.5. The van der Waals surface area contributed by atoms with Crippen molar-refractivity contribution < 1.29 is 27.2 Å². The van der Waals surface area contributed by atoms with Gasteiger partial charge in [-0.3, -0.25) is 9.59 Å². The molecular formula is C29H20F4N2O2S. The molecule has 0 aromatic heterocycles. The Labute approximate surface area is 220 Å². The van der Waals surface area contributed by atoms with Crippen molar-refractivity contribution in [3.05, 3.63) is 125 Å². The van der Waals surface area contributed by atoms with Crippen molar-refractivity contribution in [1.29, 1.82) is 0 Å². The van der Waals surface area contributed by atoms with Crippen LogP contribution in [0.2, 0.25) is 0 Å². The van der Waals surface area contributed by atoms with E-state index in [1.165, 1.54) is 40.9 Å². The average molecular weight is 537 g/mol. The first-order chi connectivity index (χ1) is 18.2. The molecule has 4 aromatic carbocycles. The topological polar surface area (TPSA) is 49.4 Å². The molecule has 0 fully saturated rings. The van der Waals surface area contributed by atoms with Crippen LogP contribution in [0, 0.1) is 5.82 Å². The largest absolute Gasteiger partial charge is 0.416 e. The van der Waals surface area contributed by atoms with Gasteiger partial charge >= 0.3 is 6.18 Å². The SMILES string of the molecule is O=C(NCc1cccc(F)c1)c1ccc2c(c1)N(Cc1ccc(C(F)(F)F)cc1)C(=O)c1ccccc1S2. The van der Waals surface area contributed by atoms with E-state index >= 15 is 0 Å². The fraction of sp³-hybridized carbons (Fsp3) is 0.103. The van der Waals surface area contributed by atoms with Crippen LogP contribution < -0.4 is 10.2 Å². The predicted octanol–water partition coefficient (Wildman–Crippen LogP) is 7.09. The second kappa shape index (κ2) is 10.3. The molecule has 1 aliphatic heterocycles. The van der Waals surface area contributed by atoms with Crippen LogP contribution in [0.25, 0.3) is 0 Å². The number of carbonyl (C=O) groups excluding carboxylic acids is 2. The Morgan fingerprint density at radius 2 is 1.61 bits per heavy atom. The Morgan fingerprint density at radius 1 is 0.842 bits per heavy atom. The summed E-state index contributed by atoms with van der Waals surface area (Å²) in [5.74, 6) is -1.15. The molecule has 0 unspecified atom stereocenters. The lowest BCUT2D eigenvalue weighted by Gasteiger charge is -2.24. The van der Waals surface area contributed by atoms with Crippen LogP contribution in [0.5, 0.6) is 0 Å². The van der Waals surface area contributed by atoms with Gasteiger partial charge in [0.05, 0.1) is 23.4 Å². The van der Waals surface area contributed by atoms with E-state index in [2.05, 4.69) is 5.32 Å². The zero-order valence-corrected chi connectivity index (χ0v) is 20.6. The lowest BCUT2D eigenvalue weighted by atomic mass is 10.1. The van der Waals surface area contributed by atoms with Crippen molar-refractivity contribution in [2.75, 3.05) is 4.90 Å². The number of hydrogen-bond acceptors (Lipinski definition) is 3. The summed E-state index contributed by atoms with van der Waals surface area (Å²) in [6.45, 7) is 0.120. The van der Waals surface area contributed by atoms with E-state index < -0.39 is 23.5 Å². The third-order valence-electron chi connectivity index (χ3n) is 6.06. The molecular weight excluding hydrogens is 516 g/mol. The minimum absolute atomic E-state index is 0.00717. The smallest absolute Gasteiger partial charge is 0.348 e. The summed E-state index contributed by atoms with van der Waals surface area (Å²) in [5, 5.41) is 2.76. The first-order valence-electron chi connectivity index (χ1n) is 11.6. The lowest BCUT2D eigenvalue weighted by Crippen LogP contribution is -2.31. The van der Waals surface area contributed by atoms with Gasteiger partial charge in [0.15, 0.2) is 0 Å². The van der Waals surface area contributed by atoms with Crippen LogP contribution in [0.1, 0.15) is 37.4 Å². The zero-order chi connectivity index (χ0) is 26.9. The molecule has 0 radical (unpaired) electrons. The number of nitrogens with zero attached hydrogens (tertiary/aromatic N) is 1. The minimum atomic E-state index is -4.47. The molecule has 0 atom stereocenters. The fourth-order valence-electron chi connectivity index (χ4n) is 4.13. The summed E-state index contributed by atoms with van der Waals surface area (Å²) < 4.78 is 52.6. The van der Waals surface area contributed by atoms with Crippen LogP contribution >= 0.6 is 11.8 Å². The maximum Gasteiger partial charge on any atom is 0.416 e. The van der Waals surface area contributed by atoms with Gasteiger partial charge in [-0.15, -0.1) is 0 Å². The fourth-order valence-corrected chi connectivity index (χ4v) is 5.19. The molecule has 1 aliphatic rings. The van der Waals surface area contributed by atoms with Gasteiger partial charge in [-0.1, -0.05) is 48.2 Å². The average Bonchev–Trinajstić information content (AvgIpc) is 3.01. The highest BCUT2D eigenvalue weighted by atomic mass is 32.2. The summed E-state index contributed by atoms with van der Waals surface area (Å²) in [5.41, 5.74) is 1.53. The zero-order valence-electron chi connectivity index (χ0n) is 19.8. The first-order valence-corrected chi connectivity index (χ1v) is 12.4. The molecule has 38 heavy (non-hydrogen) atoms. The Bertz CT molecular complexity index is 1520. The molecule has 4 aromatic rings. The van der Waals surface area contributed by atoms with Gasteiger partial charge in [0.2, 0.25) is 0 Å². The summed E-state index contributed by atoms with van der Waals surface area (Å²) in [4.78, 5) is 29.5. The van der Waals surface area contributed by atoms with Crippen LogP contribution in [-0.4, -0.2) is 11.8 Å². The van der Waals surface area contributed by atoms with E-state index in [1.807, 2.05) is 12.1 Å². The summed E-state index contributed by atoms with van der Waals surface area (Å²) >= 11 is 1.37. The predicted molar refractivity (Wildman–Crippen MR) is 137 cm³/mol. The van der Waals surface area contributed by atoms with Crippen LogP contribution in [-0.2, 0) is 19.3 Å². The Hall–Kier alpha value is -4.11. The summed E-state index contributed by atoms with van der Waals surface area (Å²) in [7, 11) is 0. The molecule has 0 spiro atoms. The van der Waals surface area contributed by atoms with E-state index in [9.17, 15) is 27.2 Å². The number of amides is 2. The molecule has 2 amide bonds.